The summed E-state index contributed by atoms with van der Waals surface area (Å²) in [5.74, 6) is 0. The zero-order chi connectivity index (χ0) is 12.8. The average molecular weight is 249 g/mol. The standard InChI is InChI=1S/C14H23N3O/c15-11-14(9-5-2-6-10-14)17-13(18)16-12-7-3-1-4-8-12/h12H,1-10H2,(H2,16,17,18). The summed E-state index contributed by atoms with van der Waals surface area (Å²) >= 11 is 0. The third kappa shape index (κ3) is 3.38. The van der Waals surface area contributed by atoms with Crippen LogP contribution in [0.3, 0.4) is 0 Å². The van der Waals surface area contributed by atoms with Crippen LogP contribution in [0.15, 0.2) is 0 Å². The van der Waals surface area contributed by atoms with Crippen molar-refractivity contribution in [3.05, 3.63) is 0 Å². The maximum absolute atomic E-state index is 12.0. The summed E-state index contributed by atoms with van der Waals surface area (Å²) in [5.41, 5.74) is -0.614. The molecule has 100 valence electrons. The van der Waals surface area contributed by atoms with Crippen LogP contribution in [-0.4, -0.2) is 17.6 Å². The van der Waals surface area contributed by atoms with Crippen molar-refractivity contribution in [2.45, 2.75) is 75.8 Å². The van der Waals surface area contributed by atoms with Crippen LogP contribution in [0, 0.1) is 11.3 Å². The van der Waals surface area contributed by atoms with E-state index in [0.717, 1.165) is 38.5 Å². The molecule has 2 amide bonds. The minimum absolute atomic E-state index is 0.148. The molecule has 0 aromatic heterocycles. The van der Waals surface area contributed by atoms with Gasteiger partial charge in [-0.15, -0.1) is 0 Å². The van der Waals surface area contributed by atoms with Crippen molar-refractivity contribution < 1.29 is 4.79 Å². The highest BCUT2D eigenvalue weighted by Gasteiger charge is 2.34. The number of hydrogen-bond donors (Lipinski definition) is 2. The number of nitriles is 1. The molecule has 4 heteroatoms. The number of amides is 2. The van der Waals surface area contributed by atoms with Crippen molar-refractivity contribution in [2.75, 3.05) is 0 Å². The lowest BCUT2D eigenvalue weighted by molar-refractivity contribution is 0.215. The molecule has 18 heavy (non-hydrogen) atoms. The van der Waals surface area contributed by atoms with Gasteiger partial charge in [-0.1, -0.05) is 38.5 Å². The summed E-state index contributed by atoms with van der Waals surface area (Å²) in [5, 5.41) is 15.2. The van der Waals surface area contributed by atoms with Gasteiger partial charge in [0.1, 0.15) is 5.54 Å². The monoisotopic (exact) mass is 249 g/mol. The topological polar surface area (TPSA) is 64.9 Å². The van der Waals surface area contributed by atoms with Gasteiger partial charge < -0.3 is 10.6 Å². The Bertz CT molecular complexity index is 322. The first-order valence-electron chi connectivity index (χ1n) is 7.24. The summed E-state index contributed by atoms with van der Waals surface area (Å²) in [6.45, 7) is 0. The number of carbonyl (C=O) groups is 1. The Balaban J connectivity index is 1.83. The fourth-order valence-electron chi connectivity index (χ4n) is 3.11. The van der Waals surface area contributed by atoms with E-state index in [4.69, 9.17) is 0 Å². The Kier molecular flexibility index (Phi) is 4.46. The van der Waals surface area contributed by atoms with Gasteiger partial charge in [-0.2, -0.15) is 5.26 Å². The molecule has 0 bridgehead atoms. The zero-order valence-corrected chi connectivity index (χ0v) is 11.0. The molecule has 2 aliphatic rings. The summed E-state index contributed by atoms with van der Waals surface area (Å²) in [6.07, 6.45) is 10.7. The van der Waals surface area contributed by atoms with Gasteiger partial charge >= 0.3 is 6.03 Å². The summed E-state index contributed by atoms with van der Waals surface area (Å²) in [4.78, 5) is 12.0. The number of urea groups is 1. The van der Waals surface area contributed by atoms with Crippen LogP contribution in [-0.2, 0) is 0 Å². The lowest BCUT2D eigenvalue weighted by atomic mass is 9.83. The van der Waals surface area contributed by atoms with Gasteiger partial charge in [-0.3, -0.25) is 0 Å². The fraction of sp³-hybridized carbons (Fsp3) is 0.857. The second-order valence-corrected chi connectivity index (χ2v) is 5.69. The van der Waals surface area contributed by atoms with Crippen LogP contribution in [0.5, 0.6) is 0 Å². The van der Waals surface area contributed by atoms with E-state index in [9.17, 15) is 10.1 Å². The predicted octanol–water partition coefficient (Wildman–Crippen LogP) is 2.84. The third-order valence-corrected chi connectivity index (χ3v) is 4.21. The molecular formula is C14H23N3O. The molecule has 0 aromatic carbocycles. The van der Waals surface area contributed by atoms with Gasteiger partial charge in [-0.05, 0) is 25.7 Å². The van der Waals surface area contributed by atoms with Crippen LogP contribution < -0.4 is 10.6 Å². The van der Waals surface area contributed by atoms with Crippen LogP contribution in [0.25, 0.3) is 0 Å². The number of rotatable bonds is 2. The molecule has 2 N–H and O–H groups in total. The number of carbonyl (C=O) groups excluding carboxylic acids is 1. The average Bonchev–Trinajstić information content (AvgIpc) is 2.41. The molecule has 0 atom stereocenters. The minimum atomic E-state index is -0.614. The molecule has 0 aromatic rings. The van der Waals surface area contributed by atoms with Crippen molar-refractivity contribution in [3.8, 4) is 6.07 Å². The van der Waals surface area contributed by atoms with E-state index in [2.05, 4.69) is 16.7 Å². The summed E-state index contributed by atoms with van der Waals surface area (Å²) < 4.78 is 0. The molecule has 0 aliphatic heterocycles. The van der Waals surface area contributed by atoms with Gasteiger partial charge in [0, 0.05) is 6.04 Å². The van der Waals surface area contributed by atoms with Crippen LogP contribution in [0.1, 0.15) is 64.2 Å². The lowest BCUT2D eigenvalue weighted by Gasteiger charge is -2.32. The number of nitrogens with zero attached hydrogens (tertiary/aromatic N) is 1. The molecule has 2 aliphatic carbocycles. The van der Waals surface area contributed by atoms with Crippen LogP contribution in [0.4, 0.5) is 4.79 Å². The highest BCUT2D eigenvalue weighted by molar-refractivity contribution is 5.75. The highest BCUT2D eigenvalue weighted by Crippen LogP contribution is 2.27. The van der Waals surface area contributed by atoms with Crippen molar-refractivity contribution in [3.63, 3.8) is 0 Å². The number of hydrogen-bond acceptors (Lipinski definition) is 2. The van der Waals surface area contributed by atoms with E-state index in [-0.39, 0.29) is 6.03 Å². The van der Waals surface area contributed by atoms with Crippen molar-refractivity contribution >= 4 is 6.03 Å². The molecule has 2 fully saturated rings. The first kappa shape index (κ1) is 13.2. The molecule has 4 nitrogen and oxygen atoms in total. The second-order valence-electron chi connectivity index (χ2n) is 5.69. The minimum Gasteiger partial charge on any atom is -0.335 e. The van der Waals surface area contributed by atoms with Gasteiger partial charge in [0.15, 0.2) is 0 Å². The molecule has 2 rings (SSSR count). The quantitative estimate of drug-likeness (QED) is 0.790. The highest BCUT2D eigenvalue weighted by atomic mass is 16.2. The normalized spacial score (nSPS) is 23.9. The van der Waals surface area contributed by atoms with Crippen molar-refractivity contribution in [2.24, 2.45) is 0 Å². The fourth-order valence-corrected chi connectivity index (χ4v) is 3.11. The zero-order valence-electron chi connectivity index (χ0n) is 11.0. The largest absolute Gasteiger partial charge is 0.335 e. The van der Waals surface area contributed by atoms with E-state index < -0.39 is 5.54 Å². The third-order valence-electron chi connectivity index (χ3n) is 4.21. The Morgan fingerprint density at radius 2 is 1.67 bits per heavy atom. The van der Waals surface area contributed by atoms with Crippen LogP contribution in [0.2, 0.25) is 0 Å². The van der Waals surface area contributed by atoms with E-state index in [1.807, 2.05) is 0 Å². The maximum atomic E-state index is 12.0. The first-order chi connectivity index (χ1) is 8.74. The molecule has 2 saturated carbocycles. The van der Waals surface area contributed by atoms with Gasteiger partial charge in [0.2, 0.25) is 0 Å². The lowest BCUT2D eigenvalue weighted by Crippen LogP contribution is -2.54. The van der Waals surface area contributed by atoms with E-state index in [0.29, 0.717) is 6.04 Å². The molecule has 0 radical (unpaired) electrons. The van der Waals surface area contributed by atoms with Gasteiger partial charge in [0.05, 0.1) is 6.07 Å². The Morgan fingerprint density at radius 1 is 1.06 bits per heavy atom. The molecule has 0 spiro atoms. The summed E-state index contributed by atoms with van der Waals surface area (Å²) in [7, 11) is 0. The Hall–Kier alpha value is -1.24. The Labute approximate surface area is 109 Å². The smallest absolute Gasteiger partial charge is 0.316 e. The second kappa shape index (κ2) is 6.08. The van der Waals surface area contributed by atoms with Crippen molar-refractivity contribution in [1.29, 1.82) is 5.26 Å². The SMILES string of the molecule is N#CC1(NC(=O)NC2CCCCC2)CCCCC1. The molecular weight excluding hydrogens is 226 g/mol. The Morgan fingerprint density at radius 3 is 2.28 bits per heavy atom. The molecule has 0 unspecified atom stereocenters. The van der Waals surface area contributed by atoms with Gasteiger partial charge in [-0.25, -0.2) is 4.79 Å². The molecule has 0 heterocycles. The molecule has 0 saturated heterocycles. The van der Waals surface area contributed by atoms with Crippen LogP contribution >= 0.6 is 0 Å². The predicted molar refractivity (Wildman–Crippen MR) is 70.0 cm³/mol. The van der Waals surface area contributed by atoms with Crippen molar-refractivity contribution in [1.82, 2.24) is 10.6 Å². The summed E-state index contributed by atoms with van der Waals surface area (Å²) in [6, 6.07) is 2.47. The van der Waals surface area contributed by atoms with E-state index >= 15 is 0 Å². The number of nitrogens with one attached hydrogen (secondary N) is 2. The van der Waals surface area contributed by atoms with Gasteiger partial charge in [0.25, 0.3) is 0 Å². The van der Waals surface area contributed by atoms with E-state index in [1.54, 1.807) is 0 Å². The maximum Gasteiger partial charge on any atom is 0.316 e. The first-order valence-corrected chi connectivity index (χ1v) is 7.24. The van der Waals surface area contributed by atoms with E-state index in [1.165, 1.54) is 25.7 Å².